The van der Waals surface area contributed by atoms with Crippen LogP contribution in [0.25, 0.3) is 0 Å². The molecule has 1 aliphatic carbocycles. The van der Waals surface area contributed by atoms with Crippen LogP contribution >= 0.6 is 0 Å². The molecule has 1 aromatic heterocycles. The molecule has 2 rings (SSSR count). The standard InChI is InChI=1S/C12H21N3O/c1-9(2)15-11(8-13-5-6-16)7-12(14-15)10-3-4-10/h7,9-10,13,16H,3-6,8H2,1-2H3. The minimum Gasteiger partial charge on any atom is -0.395 e. The van der Waals surface area contributed by atoms with E-state index in [1.807, 2.05) is 0 Å². The van der Waals surface area contributed by atoms with Crippen molar-refractivity contribution in [2.24, 2.45) is 0 Å². The summed E-state index contributed by atoms with van der Waals surface area (Å²) < 4.78 is 2.10. The Kier molecular flexibility index (Phi) is 3.61. The van der Waals surface area contributed by atoms with Crippen LogP contribution in [-0.2, 0) is 6.54 Å². The molecule has 90 valence electrons. The highest BCUT2D eigenvalue weighted by Gasteiger charge is 2.27. The summed E-state index contributed by atoms with van der Waals surface area (Å²) in [6, 6.07) is 2.61. The molecule has 0 unspecified atom stereocenters. The number of hydrogen-bond acceptors (Lipinski definition) is 3. The van der Waals surface area contributed by atoms with Gasteiger partial charge in [-0.2, -0.15) is 5.10 Å². The van der Waals surface area contributed by atoms with Crippen LogP contribution in [-0.4, -0.2) is 28.0 Å². The zero-order valence-electron chi connectivity index (χ0n) is 10.1. The molecule has 0 bridgehead atoms. The first-order valence-electron chi connectivity index (χ1n) is 6.12. The van der Waals surface area contributed by atoms with Gasteiger partial charge in [0, 0.05) is 25.0 Å². The van der Waals surface area contributed by atoms with E-state index in [1.54, 1.807) is 0 Å². The molecule has 4 heteroatoms. The predicted molar refractivity (Wildman–Crippen MR) is 63.4 cm³/mol. The number of rotatable bonds is 6. The third-order valence-corrected chi connectivity index (χ3v) is 2.91. The first kappa shape index (κ1) is 11.6. The van der Waals surface area contributed by atoms with Gasteiger partial charge in [0.1, 0.15) is 0 Å². The molecular weight excluding hydrogens is 202 g/mol. The highest BCUT2D eigenvalue weighted by atomic mass is 16.3. The summed E-state index contributed by atoms with van der Waals surface area (Å²) in [6.45, 7) is 5.92. The molecule has 1 fully saturated rings. The van der Waals surface area contributed by atoms with Crippen molar-refractivity contribution in [3.05, 3.63) is 17.5 Å². The van der Waals surface area contributed by atoms with Crippen LogP contribution in [0.5, 0.6) is 0 Å². The lowest BCUT2D eigenvalue weighted by Gasteiger charge is -2.11. The van der Waals surface area contributed by atoms with Crippen molar-refractivity contribution < 1.29 is 5.11 Å². The highest BCUT2D eigenvalue weighted by molar-refractivity contribution is 5.19. The van der Waals surface area contributed by atoms with Gasteiger partial charge in [0.2, 0.25) is 0 Å². The molecule has 0 spiro atoms. The Labute approximate surface area is 96.7 Å². The molecule has 1 aromatic rings. The van der Waals surface area contributed by atoms with E-state index in [0.717, 1.165) is 6.54 Å². The van der Waals surface area contributed by atoms with Crippen molar-refractivity contribution in [3.8, 4) is 0 Å². The first-order valence-corrected chi connectivity index (χ1v) is 6.12. The molecule has 0 aliphatic heterocycles. The molecule has 0 atom stereocenters. The average molecular weight is 223 g/mol. The Morgan fingerprint density at radius 2 is 2.31 bits per heavy atom. The lowest BCUT2D eigenvalue weighted by atomic mass is 10.2. The Balaban J connectivity index is 2.07. The van der Waals surface area contributed by atoms with Crippen molar-refractivity contribution in [1.29, 1.82) is 0 Å². The van der Waals surface area contributed by atoms with Crippen molar-refractivity contribution in [2.75, 3.05) is 13.2 Å². The van der Waals surface area contributed by atoms with E-state index >= 15 is 0 Å². The van der Waals surface area contributed by atoms with E-state index in [-0.39, 0.29) is 6.61 Å². The third-order valence-electron chi connectivity index (χ3n) is 2.91. The van der Waals surface area contributed by atoms with Gasteiger partial charge >= 0.3 is 0 Å². The Morgan fingerprint density at radius 1 is 1.56 bits per heavy atom. The summed E-state index contributed by atoms with van der Waals surface area (Å²) in [5, 5.41) is 16.6. The van der Waals surface area contributed by atoms with Gasteiger partial charge in [-0.3, -0.25) is 4.68 Å². The maximum Gasteiger partial charge on any atom is 0.0659 e. The Hall–Kier alpha value is -0.870. The van der Waals surface area contributed by atoms with Gasteiger partial charge in [-0.05, 0) is 32.8 Å². The van der Waals surface area contributed by atoms with Crippen LogP contribution in [0.1, 0.15) is 50.0 Å². The fraction of sp³-hybridized carbons (Fsp3) is 0.750. The SMILES string of the molecule is CC(C)n1nc(C2CC2)cc1CNCCO. The number of nitrogens with zero attached hydrogens (tertiary/aromatic N) is 2. The molecule has 0 aromatic carbocycles. The quantitative estimate of drug-likeness (QED) is 0.717. The second kappa shape index (κ2) is 4.97. The third kappa shape index (κ3) is 2.62. The number of aromatic nitrogens is 2. The molecule has 0 amide bonds. The molecule has 1 aliphatic rings. The lowest BCUT2D eigenvalue weighted by molar-refractivity contribution is 0.291. The Morgan fingerprint density at radius 3 is 2.88 bits per heavy atom. The summed E-state index contributed by atoms with van der Waals surface area (Å²) in [5.74, 6) is 0.705. The van der Waals surface area contributed by atoms with Gasteiger partial charge in [0.05, 0.1) is 18.0 Å². The summed E-state index contributed by atoms with van der Waals surface area (Å²) in [6.07, 6.45) is 2.58. The minimum atomic E-state index is 0.186. The van der Waals surface area contributed by atoms with Crippen molar-refractivity contribution in [1.82, 2.24) is 15.1 Å². The van der Waals surface area contributed by atoms with E-state index in [9.17, 15) is 0 Å². The van der Waals surface area contributed by atoms with Crippen molar-refractivity contribution in [2.45, 2.75) is 45.2 Å². The largest absolute Gasteiger partial charge is 0.395 e. The molecule has 4 nitrogen and oxygen atoms in total. The van der Waals surface area contributed by atoms with Gasteiger partial charge < -0.3 is 10.4 Å². The minimum absolute atomic E-state index is 0.186. The van der Waals surface area contributed by atoms with Gasteiger partial charge in [-0.1, -0.05) is 0 Å². The Bertz CT molecular complexity index is 342. The van der Waals surface area contributed by atoms with E-state index in [2.05, 4.69) is 35.0 Å². The second-order valence-corrected chi connectivity index (χ2v) is 4.77. The summed E-state index contributed by atoms with van der Waals surface area (Å²) in [7, 11) is 0. The van der Waals surface area contributed by atoms with Crippen molar-refractivity contribution >= 4 is 0 Å². The smallest absolute Gasteiger partial charge is 0.0659 e. The number of aliphatic hydroxyl groups is 1. The second-order valence-electron chi connectivity index (χ2n) is 4.77. The molecule has 1 heterocycles. The zero-order valence-corrected chi connectivity index (χ0v) is 10.1. The van der Waals surface area contributed by atoms with Crippen LogP contribution in [0.2, 0.25) is 0 Å². The van der Waals surface area contributed by atoms with E-state index in [1.165, 1.54) is 24.2 Å². The van der Waals surface area contributed by atoms with Crippen molar-refractivity contribution in [3.63, 3.8) is 0 Å². The molecule has 16 heavy (non-hydrogen) atoms. The maximum absolute atomic E-state index is 8.74. The van der Waals surface area contributed by atoms with Crippen LogP contribution in [0.15, 0.2) is 6.07 Å². The van der Waals surface area contributed by atoms with Crippen LogP contribution in [0.3, 0.4) is 0 Å². The van der Waals surface area contributed by atoms with E-state index in [4.69, 9.17) is 5.11 Å². The lowest BCUT2D eigenvalue weighted by Crippen LogP contribution is -2.20. The topological polar surface area (TPSA) is 50.1 Å². The monoisotopic (exact) mass is 223 g/mol. The highest BCUT2D eigenvalue weighted by Crippen LogP contribution is 2.39. The molecule has 1 saturated carbocycles. The van der Waals surface area contributed by atoms with Crippen LogP contribution in [0, 0.1) is 0 Å². The molecule has 0 saturated heterocycles. The van der Waals surface area contributed by atoms with Gasteiger partial charge in [0.25, 0.3) is 0 Å². The number of hydrogen-bond donors (Lipinski definition) is 2. The molecule has 2 N–H and O–H groups in total. The van der Waals surface area contributed by atoms with E-state index in [0.29, 0.717) is 18.5 Å². The van der Waals surface area contributed by atoms with Crippen LogP contribution < -0.4 is 5.32 Å². The number of aliphatic hydroxyl groups excluding tert-OH is 1. The first-order chi connectivity index (χ1) is 7.72. The summed E-state index contributed by atoms with van der Waals surface area (Å²) in [4.78, 5) is 0. The normalized spacial score (nSPS) is 16.0. The summed E-state index contributed by atoms with van der Waals surface area (Å²) in [5.41, 5.74) is 2.47. The average Bonchev–Trinajstić information content (AvgIpc) is 3.00. The van der Waals surface area contributed by atoms with Crippen LogP contribution in [0.4, 0.5) is 0 Å². The maximum atomic E-state index is 8.74. The van der Waals surface area contributed by atoms with Gasteiger partial charge in [-0.25, -0.2) is 0 Å². The molecular formula is C12H21N3O. The fourth-order valence-electron chi connectivity index (χ4n) is 1.91. The van der Waals surface area contributed by atoms with Gasteiger partial charge in [0.15, 0.2) is 0 Å². The predicted octanol–water partition coefficient (Wildman–Crippen LogP) is 1.42. The van der Waals surface area contributed by atoms with Gasteiger partial charge in [-0.15, -0.1) is 0 Å². The fourth-order valence-corrected chi connectivity index (χ4v) is 1.91. The summed E-state index contributed by atoms with van der Waals surface area (Å²) >= 11 is 0. The van der Waals surface area contributed by atoms with E-state index < -0.39 is 0 Å². The zero-order chi connectivity index (χ0) is 11.5. The number of nitrogens with one attached hydrogen (secondary N) is 1. The molecule has 0 radical (unpaired) electrons.